The highest BCUT2D eigenvalue weighted by atomic mass is 16.5. The molecule has 7 nitrogen and oxygen atoms in total. The molecular weight excluding hydrogens is 296 g/mol. The molecule has 1 amide bonds. The number of fused-ring (bicyclic) bond motifs is 1. The summed E-state index contributed by atoms with van der Waals surface area (Å²) in [5, 5.41) is 7.84. The number of esters is 1. The predicted octanol–water partition coefficient (Wildman–Crippen LogP) is 1.84. The number of rotatable bonds is 5. The van der Waals surface area contributed by atoms with E-state index in [9.17, 15) is 9.59 Å². The Morgan fingerprint density at radius 3 is 2.70 bits per heavy atom. The number of hydrogen-bond acceptors (Lipinski definition) is 5. The number of aromatic nitrogens is 3. The molecule has 1 atom stereocenters. The Morgan fingerprint density at radius 2 is 2.04 bits per heavy atom. The van der Waals surface area contributed by atoms with Crippen LogP contribution in [0.4, 0.5) is 0 Å². The minimum atomic E-state index is -0.822. The number of hydrogen-bond donors (Lipinski definition) is 1. The quantitative estimate of drug-likeness (QED) is 0.851. The molecule has 1 fully saturated rings. The number of nitrogens with zero attached hydrogens (tertiary/aromatic N) is 3. The highest BCUT2D eigenvalue weighted by Crippen LogP contribution is 2.19. The maximum absolute atomic E-state index is 12.2. The van der Waals surface area contributed by atoms with Crippen LogP contribution in [0.15, 0.2) is 18.5 Å². The molecule has 0 aromatic carbocycles. The zero-order valence-electron chi connectivity index (χ0n) is 13.4. The van der Waals surface area contributed by atoms with Crippen LogP contribution < -0.4 is 5.32 Å². The molecule has 1 N–H and O–H groups in total. The van der Waals surface area contributed by atoms with Gasteiger partial charge in [0.05, 0.1) is 11.8 Å². The summed E-state index contributed by atoms with van der Waals surface area (Å²) in [5.41, 5.74) is 1.03. The lowest BCUT2D eigenvalue weighted by Gasteiger charge is -2.13. The Kier molecular flexibility index (Phi) is 4.02. The first-order valence-corrected chi connectivity index (χ1v) is 7.80. The lowest BCUT2D eigenvalue weighted by atomic mass is 10.2. The van der Waals surface area contributed by atoms with Crippen LogP contribution in [0.5, 0.6) is 0 Å². The van der Waals surface area contributed by atoms with Crippen molar-refractivity contribution < 1.29 is 14.3 Å². The van der Waals surface area contributed by atoms with E-state index in [0.717, 1.165) is 23.9 Å². The van der Waals surface area contributed by atoms with Gasteiger partial charge < -0.3 is 10.1 Å². The molecule has 0 radical (unpaired) electrons. The van der Waals surface area contributed by atoms with E-state index in [2.05, 4.69) is 15.4 Å². The van der Waals surface area contributed by atoms with Crippen molar-refractivity contribution in [1.82, 2.24) is 20.1 Å². The SMILES string of the molecule is CC(C)n1ncc2cc(C(=O)O[C@H](C)C(=O)NC3CC3)cnc21. The minimum absolute atomic E-state index is 0.184. The minimum Gasteiger partial charge on any atom is -0.449 e. The molecule has 0 saturated heterocycles. The van der Waals surface area contributed by atoms with Crippen molar-refractivity contribution in [3.05, 3.63) is 24.0 Å². The van der Waals surface area contributed by atoms with Gasteiger partial charge in [-0.15, -0.1) is 0 Å². The fraction of sp³-hybridized carbons (Fsp3) is 0.500. The van der Waals surface area contributed by atoms with E-state index in [4.69, 9.17) is 4.74 Å². The van der Waals surface area contributed by atoms with Crippen molar-refractivity contribution in [2.24, 2.45) is 0 Å². The lowest BCUT2D eigenvalue weighted by molar-refractivity contribution is -0.129. The van der Waals surface area contributed by atoms with Gasteiger partial charge in [0.25, 0.3) is 5.91 Å². The molecule has 0 spiro atoms. The fourth-order valence-corrected chi connectivity index (χ4v) is 2.26. The molecule has 122 valence electrons. The topological polar surface area (TPSA) is 86.1 Å². The number of carbonyl (C=O) groups excluding carboxylic acids is 2. The number of amides is 1. The number of nitrogens with one attached hydrogen (secondary N) is 1. The third-order valence-electron chi connectivity index (χ3n) is 3.73. The van der Waals surface area contributed by atoms with Gasteiger partial charge in [-0.25, -0.2) is 14.5 Å². The largest absolute Gasteiger partial charge is 0.449 e. The van der Waals surface area contributed by atoms with E-state index in [1.807, 2.05) is 13.8 Å². The van der Waals surface area contributed by atoms with Crippen LogP contribution in [-0.4, -0.2) is 38.8 Å². The summed E-state index contributed by atoms with van der Waals surface area (Å²) in [4.78, 5) is 28.3. The average molecular weight is 316 g/mol. The van der Waals surface area contributed by atoms with Crippen molar-refractivity contribution in [2.75, 3.05) is 0 Å². The van der Waals surface area contributed by atoms with Gasteiger partial charge in [0.15, 0.2) is 11.8 Å². The van der Waals surface area contributed by atoms with Gasteiger partial charge in [-0.05, 0) is 39.7 Å². The predicted molar refractivity (Wildman–Crippen MR) is 84.0 cm³/mol. The monoisotopic (exact) mass is 316 g/mol. The van der Waals surface area contributed by atoms with E-state index < -0.39 is 12.1 Å². The van der Waals surface area contributed by atoms with Gasteiger partial charge in [-0.2, -0.15) is 5.10 Å². The highest BCUT2D eigenvalue weighted by molar-refractivity contribution is 5.94. The first-order chi connectivity index (χ1) is 11.0. The second-order valence-corrected chi connectivity index (χ2v) is 6.15. The van der Waals surface area contributed by atoms with E-state index >= 15 is 0 Å². The molecule has 2 aromatic heterocycles. The maximum Gasteiger partial charge on any atom is 0.340 e. The van der Waals surface area contributed by atoms with E-state index in [0.29, 0.717) is 5.56 Å². The van der Waals surface area contributed by atoms with Crippen molar-refractivity contribution in [1.29, 1.82) is 0 Å². The number of ether oxygens (including phenoxy) is 1. The highest BCUT2D eigenvalue weighted by Gasteiger charge is 2.27. The van der Waals surface area contributed by atoms with E-state index in [-0.39, 0.29) is 18.0 Å². The molecule has 0 bridgehead atoms. The second kappa shape index (κ2) is 5.98. The zero-order chi connectivity index (χ0) is 16.6. The summed E-state index contributed by atoms with van der Waals surface area (Å²) in [7, 11) is 0. The van der Waals surface area contributed by atoms with Crippen molar-refractivity contribution in [3.63, 3.8) is 0 Å². The Morgan fingerprint density at radius 1 is 1.30 bits per heavy atom. The fourth-order valence-electron chi connectivity index (χ4n) is 2.26. The Balaban J connectivity index is 1.71. The van der Waals surface area contributed by atoms with Crippen molar-refractivity contribution in [2.45, 2.75) is 51.8 Å². The normalized spacial score (nSPS) is 15.7. The summed E-state index contributed by atoms with van der Waals surface area (Å²) >= 11 is 0. The van der Waals surface area contributed by atoms with E-state index in [1.54, 1.807) is 23.9 Å². The molecule has 1 saturated carbocycles. The molecule has 1 aliphatic rings. The zero-order valence-corrected chi connectivity index (χ0v) is 13.4. The summed E-state index contributed by atoms with van der Waals surface area (Å²) in [6.07, 6.45) is 4.29. The van der Waals surface area contributed by atoms with Gasteiger partial charge >= 0.3 is 5.97 Å². The third kappa shape index (κ3) is 3.33. The molecule has 0 aliphatic heterocycles. The lowest BCUT2D eigenvalue weighted by Crippen LogP contribution is -2.37. The van der Waals surface area contributed by atoms with Gasteiger partial charge in [-0.3, -0.25) is 4.79 Å². The van der Waals surface area contributed by atoms with Crippen LogP contribution in [-0.2, 0) is 9.53 Å². The summed E-state index contributed by atoms with van der Waals surface area (Å²) in [6.45, 7) is 5.59. The van der Waals surface area contributed by atoms with Gasteiger partial charge in [0.1, 0.15) is 0 Å². The first kappa shape index (κ1) is 15.5. The molecule has 1 aliphatic carbocycles. The van der Waals surface area contributed by atoms with Crippen LogP contribution in [0.3, 0.4) is 0 Å². The van der Waals surface area contributed by atoms with Gasteiger partial charge in [-0.1, -0.05) is 0 Å². The number of carbonyl (C=O) groups is 2. The Labute approximate surface area is 134 Å². The van der Waals surface area contributed by atoms with Gasteiger partial charge in [0.2, 0.25) is 0 Å². The van der Waals surface area contributed by atoms with Crippen LogP contribution >= 0.6 is 0 Å². The molecule has 0 unspecified atom stereocenters. The molecule has 2 heterocycles. The molecule has 7 heteroatoms. The average Bonchev–Trinajstić information content (AvgIpc) is 3.22. The molecular formula is C16H20N4O3. The van der Waals surface area contributed by atoms with Crippen LogP contribution in [0, 0.1) is 0 Å². The van der Waals surface area contributed by atoms with Gasteiger partial charge in [0, 0.05) is 23.7 Å². The Bertz CT molecular complexity index is 749. The molecule has 2 aromatic rings. The smallest absolute Gasteiger partial charge is 0.340 e. The first-order valence-electron chi connectivity index (χ1n) is 7.80. The third-order valence-corrected chi connectivity index (χ3v) is 3.73. The molecule has 23 heavy (non-hydrogen) atoms. The van der Waals surface area contributed by atoms with Crippen LogP contribution in [0.1, 0.15) is 50.0 Å². The van der Waals surface area contributed by atoms with Crippen LogP contribution in [0.2, 0.25) is 0 Å². The van der Waals surface area contributed by atoms with Crippen LogP contribution in [0.25, 0.3) is 11.0 Å². The van der Waals surface area contributed by atoms with Crippen molar-refractivity contribution in [3.8, 4) is 0 Å². The summed E-state index contributed by atoms with van der Waals surface area (Å²) in [6, 6.07) is 2.11. The summed E-state index contributed by atoms with van der Waals surface area (Å²) in [5.74, 6) is -0.822. The van der Waals surface area contributed by atoms with E-state index in [1.165, 1.54) is 6.20 Å². The maximum atomic E-state index is 12.2. The van der Waals surface area contributed by atoms with Crippen molar-refractivity contribution >= 4 is 22.9 Å². The second-order valence-electron chi connectivity index (χ2n) is 6.15. The summed E-state index contributed by atoms with van der Waals surface area (Å²) < 4.78 is 7.00. The molecule has 3 rings (SSSR count). The Hall–Kier alpha value is -2.44. The number of pyridine rings is 1. The standard InChI is InChI=1S/C16H20N4O3/c1-9(2)20-14-11(8-18-20)6-12(7-17-14)16(22)23-10(3)15(21)19-13-4-5-13/h6-10,13H,4-5H2,1-3H3,(H,19,21)/t10-/m1/s1.